The lowest BCUT2D eigenvalue weighted by molar-refractivity contribution is -0.134. The number of hydrogen-bond acceptors (Lipinski definition) is 5. The Hall–Kier alpha value is -1.99. The third-order valence-corrected chi connectivity index (χ3v) is 4.27. The fourth-order valence-corrected chi connectivity index (χ4v) is 2.77. The van der Waals surface area contributed by atoms with Gasteiger partial charge in [-0.05, 0) is 25.5 Å². The second kappa shape index (κ2) is 8.40. The maximum Gasteiger partial charge on any atom is 0.227 e. The zero-order valence-corrected chi connectivity index (χ0v) is 15.1. The lowest BCUT2D eigenvalue weighted by atomic mass is 10.1. The van der Waals surface area contributed by atoms with Crippen molar-refractivity contribution in [3.8, 4) is 11.4 Å². The summed E-state index contributed by atoms with van der Waals surface area (Å²) >= 11 is 0. The molecule has 1 amide bonds. The summed E-state index contributed by atoms with van der Waals surface area (Å²) in [6, 6.07) is 5.01. The Labute approximate surface area is 152 Å². The van der Waals surface area contributed by atoms with Crippen LogP contribution >= 0.6 is 12.4 Å². The minimum absolute atomic E-state index is 0. The molecule has 2 heterocycles. The number of carbonyl (C=O) groups excluding carboxylic acids is 1. The number of hydrogen-bond donors (Lipinski definition) is 1. The summed E-state index contributed by atoms with van der Waals surface area (Å²) in [5.74, 6) is 0.515. The van der Waals surface area contributed by atoms with E-state index in [1.54, 1.807) is 19.1 Å². The van der Waals surface area contributed by atoms with Crippen LogP contribution in [0.15, 0.2) is 22.7 Å². The fraction of sp³-hybridized carbons (Fsp3) is 0.471. The van der Waals surface area contributed by atoms with E-state index in [9.17, 15) is 9.18 Å². The second-order valence-corrected chi connectivity index (χ2v) is 6.12. The molecule has 1 atom stereocenters. The monoisotopic (exact) mass is 368 g/mol. The Bertz CT molecular complexity index is 737. The van der Waals surface area contributed by atoms with E-state index in [0.717, 1.165) is 19.6 Å². The van der Waals surface area contributed by atoms with E-state index < -0.39 is 0 Å². The van der Waals surface area contributed by atoms with Crippen molar-refractivity contribution < 1.29 is 13.7 Å². The number of aromatic nitrogens is 2. The number of piperazine rings is 1. The van der Waals surface area contributed by atoms with E-state index in [-0.39, 0.29) is 30.2 Å². The SMILES string of the molecule is Cc1ccc(-c2noc(CCC(=O)N3CCNCC3C)n2)cc1F.Cl. The average molecular weight is 369 g/mol. The molecule has 3 rings (SSSR count). The van der Waals surface area contributed by atoms with Crippen LogP contribution in [0, 0.1) is 12.7 Å². The summed E-state index contributed by atoms with van der Waals surface area (Å²) in [6.45, 7) is 6.08. The van der Waals surface area contributed by atoms with E-state index in [1.807, 2.05) is 11.8 Å². The van der Waals surface area contributed by atoms with Gasteiger partial charge in [-0.3, -0.25) is 4.79 Å². The molecule has 1 aliphatic rings. The number of rotatable bonds is 4. The van der Waals surface area contributed by atoms with Crippen molar-refractivity contribution in [1.82, 2.24) is 20.4 Å². The smallest absolute Gasteiger partial charge is 0.227 e. The van der Waals surface area contributed by atoms with Crippen LogP contribution in [-0.2, 0) is 11.2 Å². The summed E-state index contributed by atoms with van der Waals surface area (Å²) < 4.78 is 18.8. The Kier molecular flexibility index (Phi) is 6.50. The van der Waals surface area contributed by atoms with Crippen molar-refractivity contribution in [3.05, 3.63) is 35.5 Å². The van der Waals surface area contributed by atoms with Crippen LogP contribution in [0.4, 0.5) is 4.39 Å². The summed E-state index contributed by atoms with van der Waals surface area (Å²) in [5.41, 5.74) is 1.13. The molecule has 25 heavy (non-hydrogen) atoms. The van der Waals surface area contributed by atoms with Gasteiger partial charge in [-0.15, -0.1) is 12.4 Å². The Morgan fingerprint density at radius 2 is 2.28 bits per heavy atom. The number of halogens is 2. The molecule has 1 saturated heterocycles. The molecule has 0 spiro atoms. The first kappa shape index (κ1) is 19.3. The molecule has 2 aromatic rings. The Morgan fingerprint density at radius 1 is 1.48 bits per heavy atom. The lowest BCUT2D eigenvalue weighted by Crippen LogP contribution is -2.52. The molecular formula is C17H22ClFN4O2. The molecule has 1 aliphatic heterocycles. The van der Waals surface area contributed by atoms with Gasteiger partial charge in [0.25, 0.3) is 0 Å². The van der Waals surface area contributed by atoms with E-state index in [1.165, 1.54) is 6.07 Å². The minimum Gasteiger partial charge on any atom is -0.339 e. The van der Waals surface area contributed by atoms with Gasteiger partial charge < -0.3 is 14.7 Å². The van der Waals surface area contributed by atoms with Gasteiger partial charge in [0.05, 0.1) is 0 Å². The first-order valence-electron chi connectivity index (χ1n) is 8.14. The van der Waals surface area contributed by atoms with Gasteiger partial charge >= 0.3 is 0 Å². The molecule has 0 aliphatic carbocycles. The van der Waals surface area contributed by atoms with Crippen molar-refractivity contribution >= 4 is 18.3 Å². The molecular weight excluding hydrogens is 347 g/mol. The summed E-state index contributed by atoms with van der Waals surface area (Å²) in [6.07, 6.45) is 0.713. The first-order valence-corrected chi connectivity index (χ1v) is 8.14. The summed E-state index contributed by atoms with van der Waals surface area (Å²) in [4.78, 5) is 18.4. The molecule has 8 heteroatoms. The topological polar surface area (TPSA) is 71.3 Å². The van der Waals surface area contributed by atoms with Crippen LogP contribution < -0.4 is 5.32 Å². The molecule has 0 radical (unpaired) electrons. The molecule has 1 aromatic carbocycles. The zero-order chi connectivity index (χ0) is 17.1. The highest BCUT2D eigenvalue weighted by molar-refractivity contribution is 5.85. The number of nitrogens with zero attached hydrogens (tertiary/aromatic N) is 3. The Balaban J connectivity index is 0.00000225. The number of amides is 1. The molecule has 1 N–H and O–H groups in total. The van der Waals surface area contributed by atoms with Crippen molar-refractivity contribution in [3.63, 3.8) is 0 Å². The number of carbonyl (C=O) groups is 1. The maximum atomic E-state index is 13.6. The summed E-state index contributed by atoms with van der Waals surface area (Å²) in [7, 11) is 0. The third-order valence-electron chi connectivity index (χ3n) is 4.27. The van der Waals surface area contributed by atoms with Gasteiger partial charge in [-0.2, -0.15) is 4.98 Å². The fourth-order valence-electron chi connectivity index (χ4n) is 2.77. The molecule has 1 aromatic heterocycles. The van der Waals surface area contributed by atoms with Gasteiger partial charge in [-0.25, -0.2) is 4.39 Å². The van der Waals surface area contributed by atoms with Gasteiger partial charge in [0.2, 0.25) is 17.6 Å². The molecule has 6 nitrogen and oxygen atoms in total. The Morgan fingerprint density at radius 3 is 3.00 bits per heavy atom. The number of nitrogens with one attached hydrogen (secondary N) is 1. The van der Waals surface area contributed by atoms with E-state index in [2.05, 4.69) is 15.5 Å². The average Bonchev–Trinajstić information content (AvgIpc) is 3.04. The minimum atomic E-state index is -0.304. The zero-order valence-electron chi connectivity index (χ0n) is 14.3. The highest BCUT2D eigenvalue weighted by Crippen LogP contribution is 2.19. The number of benzene rings is 1. The molecule has 0 bridgehead atoms. The van der Waals surface area contributed by atoms with E-state index in [4.69, 9.17) is 4.52 Å². The van der Waals surface area contributed by atoms with Crippen molar-refractivity contribution in [2.75, 3.05) is 19.6 Å². The maximum absolute atomic E-state index is 13.6. The van der Waals surface area contributed by atoms with Gasteiger partial charge in [0, 0.05) is 44.1 Å². The van der Waals surface area contributed by atoms with Crippen LogP contribution in [0.1, 0.15) is 24.8 Å². The lowest BCUT2D eigenvalue weighted by Gasteiger charge is -2.34. The normalized spacial score (nSPS) is 17.2. The van der Waals surface area contributed by atoms with E-state index >= 15 is 0 Å². The van der Waals surface area contributed by atoms with Crippen molar-refractivity contribution in [2.45, 2.75) is 32.7 Å². The predicted molar refractivity (Wildman–Crippen MR) is 94.0 cm³/mol. The second-order valence-electron chi connectivity index (χ2n) is 6.12. The highest BCUT2D eigenvalue weighted by Gasteiger charge is 2.23. The quantitative estimate of drug-likeness (QED) is 0.897. The molecule has 1 unspecified atom stereocenters. The first-order chi connectivity index (χ1) is 11.5. The summed E-state index contributed by atoms with van der Waals surface area (Å²) in [5, 5.41) is 7.13. The largest absolute Gasteiger partial charge is 0.339 e. The van der Waals surface area contributed by atoms with Crippen LogP contribution in [0.25, 0.3) is 11.4 Å². The van der Waals surface area contributed by atoms with Crippen LogP contribution in [0.2, 0.25) is 0 Å². The van der Waals surface area contributed by atoms with Gasteiger partial charge in [0.1, 0.15) is 5.82 Å². The number of aryl methyl sites for hydroxylation is 2. The third kappa shape index (κ3) is 4.55. The molecule has 0 saturated carbocycles. The van der Waals surface area contributed by atoms with Crippen LogP contribution in [0.5, 0.6) is 0 Å². The van der Waals surface area contributed by atoms with Crippen LogP contribution in [0.3, 0.4) is 0 Å². The van der Waals surface area contributed by atoms with Crippen molar-refractivity contribution in [2.24, 2.45) is 0 Å². The standard InChI is InChI=1S/C17H21FN4O2.ClH/c1-11-3-4-13(9-14(11)18)17-20-15(24-21-17)5-6-16(23)22-8-7-19-10-12(22)2;/h3-4,9,12,19H,5-8,10H2,1-2H3;1H. The molecule has 136 valence electrons. The van der Waals surface area contributed by atoms with Gasteiger partial charge in [0.15, 0.2) is 0 Å². The van der Waals surface area contributed by atoms with Gasteiger partial charge in [-0.1, -0.05) is 17.3 Å². The van der Waals surface area contributed by atoms with Crippen LogP contribution in [-0.4, -0.2) is 46.6 Å². The van der Waals surface area contributed by atoms with Crippen molar-refractivity contribution in [1.29, 1.82) is 0 Å². The van der Waals surface area contributed by atoms with E-state index in [0.29, 0.717) is 35.7 Å². The highest BCUT2D eigenvalue weighted by atomic mass is 35.5. The molecule has 1 fully saturated rings. The predicted octanol–water partition coefficient (Wildman–Crippen LogP) is 2.36.